The van der Waals surface area contributed by atoms with E-state index >= 15 is 0 Å². The van der Waals surface area contributed by atoms with Gasteiger partial charge in [-0.3, -0.25) is 15.1 Å². The van der Waals surface area contributed by atoms with Crippen molar-refractivity contribution in [2.45, 2.75) is 11.9 Å². The van der Waals surface area contributed by atoms with Crippen LogP contribution in [-0.4, -0.2) is 28.3 Å². The summed E-state index contributed by atoms with van der Waals surface area (Å²) < 4.78 is 5.98. The molecule has 2 aliphatic heterocycles. The summed E-state index contributed by atoms with van der Waals surface area (Å²) in [6, 6.07) is 21.1. The van der Waals surface area contributed by atoms with Crippen LogP contribution in [0, 0.1) is 3.57 Å². The van der Waals surface area contributed by atoms with Crippen LogP contribution < -0.4 is 20.6 Å². The molecule has 1 atom stereocenters. The molecular formula is C24H19IN4O3S. The third-order valence-electron chi connectivity index (χ3n) is 5.30. The molecule has 0 fully saturated rings. The lowest BCUT2D eigenvalue weighted by atomic mass is 10.1. The molecule has 0 saturated heterocycles. The van der Waals surface area contributed by atoms with Gasteiger partial charge in [-0.1, -0.05) is 60.3 Å². The van der Waals surface area contributed by atoms with Gasteiger partial charge in [0.1, 0.15) is 5.70 Å². The summed E-state index contributed by atoms with van der Waals surface area (Å²) >= 11 is 3.51. The highest BCUT2D eigenvalue weighted by atomic mass is 127. The van der Waals surface area contributed by atoms with E-state index < -0.39 is 6.17 Å². The summed E-state index contributed by atoms with van der Waals surface area (Å²) in [5, 5.41) is 21.6. The van der Waals surface area contributed by atoms with Crippen molar-refractivity contribution in [2.24, 2.45) is 10.1 Å². The van der Waals surface area contributed by atoms with Gasteiger partial charge in [0.15, 0.2) is 22.8 Å². The zero-order valence-corrected chi connectivity index (χ0v) is 20.5. The van der Waals surface area contributed by atoms with Crippen LogP contribution in [0.5, 0.6) is 11.5 Å². The van der Waals surface area contributed by atoms with E-state index in [2.05, 4.69) is 27.9 Å². The molecule has 2 N–H and O–H groups in total. The number of ether oxygens (including phenoxy) is 1. The van der Waals surface area contributed by atoms with Crippen LogP contribution in [0.2, 0.25) is 0 Å². The molecule has 166 valence electrons. The summed E-state index contributed by atoms with van der Waals surface area (Å²) in [4.78, 5) is 18.1. The van der Waals surface area contributed by atoms with Crippen molar-refractivity contribution >= 4 is 51.1 Å². The number of para-hydroxylation sites is 1. The van der Waals surface area contributed by atoms with Crippen LogP contribution in [0.15, 0.2) is 76.8 Å². The van der Waals surface area contributed by atoms with Gasteiger partial charge in [-0.2, -0.15) is 0 Å². The number of hydrogen-bond acceptors (Lipinski definition) is 7. The van der Waals surface area contributed by atoms with Crippen molar-refractivity contribution in [2.75, 3.05) is 7.11 Å². The molecule has 0 radical (unpaired) electrons. The van der Waals surface area contributed by atoms with Crippen LogP contribution in [0.4, 0.5) is 0 Å². The molecule has 3 aromatic carbocycles. The number of hydrogen-bond donors (Lipinski definition) is 2. The lowest BCUT2D eigenvalue weighted by Gasteiger charge is -2.34. The van der Waals surface area contributed by atoms with E-state index in [-0.39, 0.29) is 11.7 Å². The van der Waals surface area contributed by atoms with E-state index in [1.807, 2.05) is 60.7 Å². The van der Waals surface area contributed by atoms with Crippen LogP contribution in [-0.2, 0) is 10.5 Å². The van der Waals surface area contributed by atoms with Gasteiger partial charge in [-0.25, -0.2) is 5.01 Å². The van der Waals surface area contributed by atoms with Crippen LogP contribution >= 0.6 is 34.4 Å². The summed E-state index contributed by atoms with van der Waals surface area (Å²) in [5.41, 5.74) is 2.33. The Morgan fingerprint density at radius 1 is 1.15 bits per heavy atom. The maximum absolute atomic E-state index is 13.2. The van der Waals surface area contributed by atoms with Crippen molar-refractivity contribution in [1.82, 2.24) is 10.3 Å². The number of methoxy groups -OCH3 is 1. The van der Waals surface area contributed by atoms with Crippen molar-refractivity contribution in [3.05, 3.63) is 92.0 Å². The molecule has 0 saturated carbocycles. The predicted molar refractivity (Wildman–Crippen MR) is 136 cm³/mol. The topological polar surface area (TPSA) is 86.5 Å². The van der Waals surface area contributed by atoms with Crippen LogP contribution in [0.25, 0.3) is 5.70 Å². The van der Waals surface area contributed by atoms with Crippen LogP contribution in [0.3, 0.4) is 0 Å². The average molecular weight is 570 g/mol. The third-order valence-corrected chi connectivity index (χ3v) is 7.06. The minimum atomic E-state index is -0.587. The summed E-state index contributed by atoms with van der Waals surface area (Å²) in [7, 11) is 1.50. The van der Waals surface area contributed by atoms with Gasteiger partial charge in [-0.15, -0.1) is 5.10 Å². The molecule has 2 aliphatic rings. The number of thioether (sulfide) groups is 1. The number of nitrogens with zero attached hydrogens (tertiary/aromatic N) is 3. The molecular weight excluding hydrogens is 551 g/mol. The van der Waals surface area contributed by atoms with Crippen molar-refractivity contribution in [3.63, 3.8) is 0 Å². The number of carbonyl (C=O) groups excluding carboxylic acids is 1. The molecule has 5 rings (SSSR count). The fourth-order valence-corrected chi connectivity index (χ4v) is 5.17. The Morgan fingerprint density at radius 3 is 2.70 bits per heavy atom. The number of benzene rings is 3. The summed E-state index contributed by atoms with van der Waals surface area (Å²) in [6.07, 6.45) is -0.587. The lowest BCUT2D eigenvalue weighted by Crippen LogP contribution is -2.50. The molecule has 1 amide bonds. The first kappa shape index (κ1) is 21.8. The second kappa shape index (κ2) is 9.06. The zero-order valence-electron chi connectivity index (χ0n) is 17.5. The second-order valence-electron chi connectivity index (χ2n) is 7.40. The van der Waals surface area contributed by atoms with Crippen molar-refractivity contribution < 1.29 is 14.6 Å². The molecule has 2 heterocycles. The van der Waals surface area contributed by atoms with Gasteiger partial charge in [0.2, 0.25) is 0 Å². The molecule has 1 unspecified atom stereocenters. The first-order valence-corrected chi connectivity index (χ1v) is 12.2. The number of carbonyl (C=O) groups is 1. The lowest BCUT2D eigenvalue weighted by molar-refractivity contribution is -0.116. The number of rotatable bonds is 4. The number of amides is 1. The molecule has 7 nitrogen and oxygen atoms in total. The standard InChI is InChI=1S/C24H19IN4O3S/c1-32-19-12-15(11-17(25)21(19)30)22-26-18-10-6-5-9-16(18)20-23(31)27-24(28-29(20)22)33-13-14-7-3-2-4-8-14/h2-12,22,30H,13H2,1H3,(H,27,28,31). The summed E-state index contributed by atoms with van der Waals surface area (Å²) in [6.45, 7) is 0. The van der Waals surface area contributed by atoms with E-state index in [1.165, 1.54) is 18.9 Å². The van der Waals surface area contributed by atoms with Crippen molar-refractivity contribution in [1.29, 1.82) is 0 Å². The number of nitrogens with one attached hydrogen (secondary N) is 1. The molecule has 0 bridgehead atoms. The highest BCUT2D eigenvalue weighted by Crippen LogP contribution is 2.38. The van der Waals surface area contributed by atoms with E-state index in [0.29, 0.717) is 31.3 Å². The SMILES string of the molecule is COc1cc(C2N=c3ccccc3=C3C(=O)NC(SCc4ccccc4)=NN32)cc(I)c1O. The number of phenols is 1. The number of halogens is 1. The minimum absolute atomic E-state index is 0.0706. The van der Waals surface area contributed by atoms with E-state index in [1.54, 1.807) is 11.1 Å². The fraction of sp³-hybridized carbons (Fsp3) is 0.125. The first-order valence-electron chi connectivity index (χ1n) is 10.1. The third kappa shape index (κ3) is 4.18. The molecule has 0 spiro atoms. The quantitative estimate of drug-likeness (QED) is 0.472. The van der Waals surface area contributed by atoms with Gasteiger partial charge < -0.3 is 9.84 Å². The fourth-order valence-electron chi connectivity index (χ4n) is 3.73. The van der Waals surface area contributed by atoms with Gasteiger partial charge in [0.25, 0.3) is 5.91 Å². The number of amidine groups is 1. The predicted octanol–water partition coefficient (Wildman–Crippen LogP) is 3.08. The van der Waals surface area contributed by atoms with Gasteiger partial charge in [-0.05, 0) is 46.4 Å². The Bertz CT molecular complexity index is 1390. The molecule has 33 heavy (non-hydrogen) atoms. The number of phenolic OH excluding ortho intramolecular Hbond substituents is 1. The number of fused-ring (bicyclic) bond motifs is 2. The maximum Gasteiger partial charge on any atom is 0.276 e. The maximum atomic E-state index is 13.2. The monoisotopic (exact) mass is 570 g/mol. The van der Waals surface area contributed by atoms with E-state index in [4.69, 9.17) is 14.8 Å². The number of hydrazone groups is 1. The normalized spacial score (nSPS) is 16.8. The minimum Gasteiger partial charge on any atom is -0.504 e. The smallest absolute Gasteiger partial charge is 0.276 e. The summed E-state index contributed by atoms with van der Waals surface area (Å²) in [5.74, 6) is 0.859. The molecule has 0 aliphatic carbocycles. The Balaban J connectivity index is 1.61. The Kier molecular flexibility index (Phi) is 5.98. The second-order valence-corrected chi connectivity index (χ2v) is 9.53. The van der Waals surface area contributed by atoms with E-state index in [9.17, 15) is 9.90 Å². The molecule has 9 heteroatoms. The van der Waals surface area contributed by atoms with Crippen molar-refractivity contribution in [3.8, 4) is 11.5 Å². The van der Waals surface area contributed by atoms with Gasteiger partial charge >= 0.3 is 0 Å². The first-order chi connectivity index (χ1) is 16.0. The molecule has 3 aromatic rings. The largest absolute Gasteiger partial charge is 0.504 e. The van der Waals surface area contributed by atoms with Gasteiger partial charge in [0, 0.05) is 16.5 Å². The Labute approximate surface area is 208 Å². The average Bonchev–Trinajstić information content (AvgIpc) is 2.84. The van der Waals surface area contributed by atoms with Crippen LogP contribution in [0.1, 0.15) is 17.3 Å². The highest BCUT2D eigenvalue weighted by Gasteiger charge is 2.35. The Hall–Kier alpha value is -3.05. The zero-order chi connectivity index (χ0) is 22.9. The highest BCUT2D eigenvalue weighted by molar-refractivity contribution is 14.1. The van der Waals surface area contributed by atoms with E-state index in [0.717, 1.165) is 16.3 Å². The Morgan fingerprint density at radius 2 is 1.91 bits per heavy atom. The molecule has 0 aromatic heterocycles. The van der Waals surface area contributed by atoms with Gasteiger partial charge in [0.05, 0.1) is 16.0 Å². The number of aromatic hydroxyl groups is 1.